The molecule has 7 nitrogen and oxygen atoms in total. The van der Waals surface area contributed by atoms with Crippen molar-refractivity contribution >= 4 is 21.6 Å². The second-order valence-electron chi connectivity index (χ2n) is 7.75. The van der Waals surface area contributed by atoms with Crippen molar-refractivity contribution in [3.05, 3.63) is 83.9 Å². The van der Waals surface area contributed by atoms with Crippen molar-refractivity contribution in [2.75, 3.05) is 31.1 Å². The lowest BCUT2D eigenvalue weighted by atomic mass is 10.2. The van der Waals surface area contributed by atoms with E-state index in [0.717, 1.165) is 17.7 Å². The first-order chi connectivity index (χ1) is 17.0. The number of halogens is 3. The number of carbonyl (C=O) groups excluding carboxylic acids is 1. The molecule has 0 aliphatic rings. The number of methoxy groups -OCH3 is 1. The highest BCUT2D eigenvalue weighted by atomic mass is 32.2. The van der Waals surface area contributed by atoms with E-state index in [-0.39, 0.29) is 23.7 Å². The topological polar surface area (TPSA) is 84.9 Å². The third kappa shape index (κ3) is 6.91. The maximum atomic E-state index is 13.3. The van der Waals surface area contributed by atoms with Crippen LogP contribution in [0.2, 0.25) is 0 Å². The van der Waals surface area contributed by atoms with Crippen molar-refractivity contribution in [1.82, 2.24) is 5.32 Å². The standard InChI is InChI=1S/C25H25F3N2O5S/c1-18-9-11-23(12-10-18)36(32,33)30(20-6-3-5-19(15-20)25(26,27)28)17-24(31)29-13-14-35-22-8-4-7-21(16-22)34-2/h3-12,15-16H,13-14,17H2,1-2H3,(H,29,31). The van der Waals surface area contributed by atoms with E-state index < -0.39 is 34.2 Å². The van der Waals surface area contributed by atoms with Crippen molar-refractivity contribution in [2.45, 2.75) is 18.0 Å². The summed E-state index contributed by atoms with van der Waals surface area (Å²) in [5.41, 5.74) is -0.516. The number of nitrogens with one attached hydrogen (secondary N) is 1. The van der Waals surface area contributed by atoms with Gasteiger partial charge in [0.2, 0.25) is 5.91 Å². The first kappa shape index (κ1) is 26.9. The summed E-state index contributed by atoms with van der Waals surface area (Å²) >= 11 is 0. The molecule has 0 bridgehead atoms. The Morgan fingerprint density at radius 1 is 0.972 bits per heavy atom. The predicted molar refractivity (Wildman–Crippen MR) is 129 cm³/mol. The molecule has 0 atom stereocenters. The highest BCUT2D eigenvalue weighted by molar-refractivity contribution is 7.92. The summed E-state index contributed by atoms with van der Waals surface area (Å²) in [6, 6.07) is 16.5. The van der Waals surface area contributed by atoms with Gasteiger partial charge in [-0.1, -0.05) is 29.8 Å². The van der Waals surface area contributed by atoms with Crippen LogP contribution >= 0.6 is 0 Å². The monoisotopic (exact) mass is 522 g/mol. The number of amides is 1. The van der Waals surface area contributed by atoms with Crippen LogP contribution < -0.4 is 19.1 Å². The Labute approximate surface area is 207 Å². The lowest BCUT2D eigenvalue weighted by Gasteiger charge is -2.25. The summed E-state index contributed by atoms with van der Waals surface area (Å²) in [6.07, 6.45) is -4.69. The molecule has 0 spiro atoms. The molecule has 192 valence electrons. The number of ether oxygens (including phenoxy) is 2. The van der Waals surface area contributed by atoms with Crippen molar-refractivity contribution in [2.24, 2.45) is 0 Å². The number of rotatable bonds is 10. The maximum absolute atomic E-state index is 13.3. The van der Waals surface area contributed by atoms with Gasteiger partial charge in [-0.05, 0) is 49.4 Å². The van der Waals surface area contributed by atoms with Crippen LogP contribution in [0.5, 0.6) is 11.5 Å². The van der Waals surface area contributed by atoms with Crippen molar-refractivity contribution < 1.29 is 35.9 Å². The molecular formula is C25H25F3N2O5S. The van der Waals surface area contributed by atoms with Crippen LogP contribution in [-0.4, -0.2) is 41.1 Å². The minimum Gasteiger partial charge on any atom is -0.497 e. The number of carbonyl (C=O) groups is 1. The maximum Gasteiger partial charge on any atom is 0.416 e. The van der Waals surface area contributed by atoms with Crippen LogP contribution in [0.25, 0.3) is 0 Å². The molecule has 0 heterocycles. The van der Waals surface area contributed by atoms with Crippen LogP contribution in [0.3, 0.4) is 0 Å². The molecule has 1 N–H and O–H groups in total. The molecule has 3 aromatic rings. The Hall–Kier alpha value is -3.73. The van der Waals surface area contributed by atoms with Gasteiger partial charge in [-0.25, -0.2) is 8.42 Å². The van der Waals surface area contributed by atoms with E-state index in [9.17, 15) is 26.4 Å². The van der Waals surface area contributed by atoms with E-state index in [0.29, 0.717) is 21.9 Å². The van der Waals surface area contributed by atoms with Crippen LogP contribution in [0.1, 0.15) is 11.1 Å². The summed E-state index contributed by atoms with van der Waals surface area (Å²) in [4.78, 5) is 12.5. The predicted octanol–water partition coefficient (Wildman–Crippen LogP) is 4.41. The van der Waals surface area contributed by atoms with Crippen molar-refractivity contribution in [1.29, 1.82) is 0 Å². The number of sulfonamides is 1. The van der Waals surface area contributed by atoms with E-state index in [4.69, 9.17) is 9.47 Å². The first-order valence-electron chi connectivity index (χ1n) is 10.8. The summed E-state index contributed by atoms with van der Waals surface area (Å²) in [7, 11) is -2.84. The fourth-order valence-electron chi connectivity index (χ4n) is 3.23. The second-order valence-corrected chi connectivity index (χ2v) is 9.61. The van der Waals surface area contributed by atoms with E-state index in [1.54, 1.807) is 43.3 Å². The minimum atomic E-state index is -4.69. The molecule has 1 amide bonds. The van der Waals surface area contributed by atoms with Gasteiger partial charge >= 0.3 is 6.18 Å². The highest BCUT2D eigenvalue weighted by Gasteiger charge is 2.33. The van der Waals surface area contributed by atoms with Gasteiger partial charge in [0.15, 0.2) is 0 Å². The molecule has 0 aliphatic carbocycles. The molecule has 0 fully saturated rings. The minimum absolute atomic E-state index is 0.0387. The lowest BCUT2D eigenvalue weighted by molar-refractivity contribution is -0.137. The zero-order valence-corrected chi connectivity index (χ0v) is 20.4. The van der Waals surface area contributed by atoms with Crippen LogP contribution in [0.4, 0.5) is 18.9 Å². The zero-order chi connectivity index (χ0) is 26.3. The number of alkyl halides is 3. The Balaban J connectivity index is 1.77. The molecule has 0 saturated heterocycles. The molecule has 3 aromatic carbocycles. The van der Waals surface area contributed by atoms with Gasteiger partial charge in [-0.15, -0.1) is 0 Å². The van der Waals surface area contributed by atoms with Crippen LogP contribution in [0.15, 0.2) is 77.7 Å². The number of hydrogen-bond donors (Lipinski definition) is 1. The molecule has 0 aromatic heterocycles. The largest absolute Gasteiger partial charge is 0.497 e. The molecule has 3 rings (SSSR count). The highest BCUT2D eigenvalue weighted by Crippen LogP contribution is 2.33. The number of aryl methyl sites for hydroxylation is 1. The van der Waals surface area contributed by atoms with Gasteiger partial charge < -0.3 is 14.8 Å². The Kier molecular flexibility index (Phi) is 8.46. The Bertz CT molecular complexity index is 1300. The van der Waals surface area contributed by atoms with Gasteiger partial charge in [0.05, 0.1) is 29.8 Å². The van der Waals surface area contributed by atoms with Gasteiger partial charge in [0.25, 0.3) is 10.0 Å². The quantitative estimate of drug-likeness (QED) is 0.399. The molecule has 0 radical (unpaired) electrons. The SMILES string of the molecule is COc1cccc(OCCNC(=O)CN(c2cccc(C(F)(F)F)c2)S(=O)(=O)c2ccc(C)cc2)c1. The average Bonchev–Trinajstić information content (AvgIpc) is 2.85. The van der Waals surface area contributed by atoms with Gasteiger partial charge in [0.1, 0.15) is 24.7 Å². The number of benzene rings is 3. The van der Waals surface area contributed by atoms with Gasteiger partial charge in [0, 0.05) is 6.07 Å². The zero-order valence-electron chi connectivity index (χ0n) is 19.6. The van der Waals surface area contributed by atoms with Crippen LogP contribution in [-0.2, 0) is 21.0 Å². The lowest BCUT2D eigenvalue weighted by Crippen LogP contribution is -2.42. The van der Waals surface area contributed by atoms with Crippen molar-refractivity contribution in [3.8, 4) is 11.5 Å². The molecule has 0 aliphatic heterocycles. The Morgan fingerprint density at radius 3 is 2.31 bits per heavy atom. The normalized spacial score (nSPS) is 11.6. The Morgan fingerprint density at radius 2 is 1.64 bits per heavy atom. The average molecular weight is 523 g/mol. The van der Waals surface area contributed by atoms with Crippen molar-refractivity contribution in [3.63, 3.8) is 0 Å². The molecule has 36 heavy (non-hydrogen) atoms. The van der Waals surface area contributed by atoms with E-state index in [1.165, 1.54) is 25.3 Å². The first-order valence-corrected chi connectivity index (χ1v) is 12.2. The van der Waals surface area contributed by atoms with Gasteiger partial charge in [-0.3, -0.25) is 9.10 Å². The molecule has 0 saturated carbocycles. The number of anilines is 1. The smallest absolute Gasteiger partial charge is 0.416 e. The summed E-state index contributed by atoms with van der Waals surface area (Å²) in [6.45, 7) is 1.16. The van der Waals surface area contributed by atoms with Crippen LogP contribution in [0, 0.1) is 6.92 Å². The molecule has 0 unspecified atom stereocenters. The third-order valence-corrected chi connectivity index (χ3v) is 6.88. The fraction of sp³-hybridized carbons (Fsp3) is 0.240. The van der Waals surface area contributed by atoms with E-state index >= 15 is 0 Å². The summed E-state index contributed by atoms with van der Waals surface area (Å²) in [5, 5.41) is 2.54. The van der Waals surface area contributed by atoms with Gasteiger partial charge in [-0.2, -0.15) is 13.2 Å². The molecule has 11 heteroatoms. The molecular weight excluding hydrogens is 497 g/mol. The third-order valence-electron chi connectivity index (χ3n) is 5.09. The van der Waals surface area contributed by atoms with E-state index in [2.05, 4.69) is 5.32 Å². The summed E-state index contributed by atoms with van der Waals surface area (Å²) < 4.78 is 77.8. The fourth-order valence-corrected chi connectivity index (χ4v) is 4.64. The second kappa shape index (κ2) is 11.3. The van der Waals surface area contributed by atoms with E-state index in [1.807, 2.05) is 0 Å². The summed E-state index contributed by atoms with van der Waals surface area (Å²) in [5.74, 6) is 0.392. The number of nitrogens with zero attached hydrogens (tertiary/aromatic N) is 1. The number of hydrogen-bond acceptors (Lipinski definition) is 5.